The summed E-state index contributed by atoms with van der Waals surface area (Å²) in [5.74, 6) is 0. The molecule has 0 amide bonds. The third-order valence-electron chi connectivity index (χ3n) is 9.16. The van der Waals surface area contributed by atoms with Gasteiger partial charge in [0.1, 0.15) is 0 Å². The number of nitriles is 1. The number of nitrogens with zero attached hydrogens (tertiary/aromatic N) is 2. The van der Waals surface area contributed by atoms with Gasteiger partial charge in [0.2, 0.25) is 0 Å². The molecule has 0 radical (unpaired) electrons. The molecule has 0 aliphatic rings. The molecular formula is C43H30N2Si. The Hall–Kier alpha value is -5.95. The maximum Gasteiger partial charge on any atom is 0.179 e. The van der Waals surface area contributed by atoms with Gasteiger partial charge in [0, 0.05) is 16.5 Å². The van der Waals surface area contributed by atoms with Crippen LogP contribution in [-0.2, 0) is 0 Å². The minimum absolute atomic E-state index is 0.670. The van der Waals surface area contributed by atoms with Crippen molar-refractivity contribution in [3.63, 3.8) is 0 Å². The highest BCUT2D eigenvalue weighted by Gasteiger charge is 2.41. The molecule has 0 atom stereocenters. The zero-order valence-electron chi connectivity index (χ0n) is 25.2. The standard InChI is InChI=1S/C43H30N2Si/c44-31-32-26-27-43-41(28-32)40-24-10-11-25-42(40)45(43)35-16-12-14-33(29-35)34-15-13-23-39(30-34)46(36-17-4-1-5-18-36,37-19-6-2-7-20-37)38-21-8-3-9-22-38/h1-30H. The van der Waals surface area contributed by atoms with E-state index < -0.39 is 8.07 Å². The van der Waals surface area contributed by atoms with E-state index in [0.29, 0.717) is 5.56 Å². The van der Waals surface area contributed by atoms with Crippen LogP contribution >= 0.6 is 0 Å². The van der Waals surface area contributed by atoms with Crippen molar-refractivity contribution in [1.29, 1.82) is 5.26 Å². The predicted octanol–water partition coefficient (Wildman–Crippen LogP) is 7.70. The van der Waals surface area contributed by atoms with Crippen LogP contribution in [0.2, 0.25) is 0 Å². The Morgan fingerprint density at radius 1 is 0.413 bits per heavy atom. The van der Waals surface area contributed by atoms with Crippen molar-refractivity contribution in [3.05, 3.63) is 188 Å². The van der Waals surface area contributed by atoms with Crippen molar-refractivity contribution in [2.45, 2.75) is 0 Å². The van der Waals surface area contributed by atoms with E-state index in [1.165, 1.54) is 26.3 Å². The maximum absolute atomic E-state index is 9.60. The summed E-state index contributed by atoms with van der Waals surface area (Å²) in [7, 11) is -2.64. The molecule has 0 spiro atoms. The summed E-state index contributed by atoms with van der Waals surface area (Å²) in [5, 5.41) is 17.3. The van der Waals surface area contributed by atoms with Crippen LogP contribution in [0, 0.1) is 11.3 Å². The van der Waals surface area contributed by atoms with E-state index in [0.717, 1.165) is 33.1 Å². The molecule has 0 fully saturated rings. The maximum atomic E-state index is 9.60. The molecule has 8 rings (SSSR count). The second-order valence-corrected chi connectivity index (χ2v) is 15.5. The second kappa shape index (κ2) is 11.5. The monoisotopic (exact) mass is 602 g/mol. The first-order valence-corrected chi connectivity index (χ1v) is 17.6. The average Bonchev–Trinajstić information content (AvgIpc) is 3.47. The molecule has 2 nitrogen and oxygen atoms in total. The molecule has 0 saturated heterocycles. The molecular weight excluding hydrogens is 573 g/mol. The Morgan fingerprint density at radius 2 is 0.935 bits per heavy atom. The van der Waals surface area contributed by atoms with Crippen LogP contribution < -0.4 is 20.7 Å². The van der Waals surface area contributed by atoms with Gasteiger partial charge in [0.05, 0.1) is 22.7 Å². The Bertz CT molecular complexity index is 2270. The number of aromatic nitrogens is 1. The van der Waals surface area contributed by atoms with Crippen LogP contribution in [-0.4, -0.2) is 12.6 Å². The predicted molar refractivity (Wildman–Crippen MR) is 195 cm³/mol. The first-order valence-electron chi connectivity index (χ1n) is 15.6. The van der Waals surface area contributed by atoms with E-state index >= 15 is 0 Å². The fraction of sp³-hybridized carbons (Fsp3) is 0. The fourth-order valence-corrected chi connectivity index (χ4v) is 11.9. The Balaban J connectivity index is 1.34. The first kappa shape index (κ1) is 27.6. The van der Waals surface area contributed by atoms with E-state index in [-0.39, 0.29) is 0 Å². The minimum atomic E-state index is -2.64. The van der Waals surface area contributed by atoms with Gasteiger partial charge >= 0.3 is 0 Å². The second-order valence-electron chi connectivity index (χ2n) is 11.7. The highest BCUT2D eigenvalue weighted by atomic mass is 28.3. The molecule has 8 aromatic rings. The number of rotatable bonds is 6. The number of para-hydroxylation sites is 1. The van der Waals surface area contributed by atoms with Gasteiger partial charge in [-0.05, 0) is 68.3 Å². The Morgan fingerprint density at radius 3 is 1.57 bits per heavy atom. The zero-order valence-corrected chi connectivity index (χ0v) is 26.2. The van der Waals surface area contributed by atoms with E-state index in [1.54, 1.807) is 0 Å². The summed E-state index contributed by atoms with van der Waals surface area (Å²) in [6.45, 7) is 0. The Labute approximate surface area is 270 Å². The molecule has 216 valence electrons. The van der Waals surface area contributed by atoms with Gasteiger partial charge in [-0.2, -0.15) is 5.26 Å². The SMILES string of the molecule is N#Cc1ccc2c(c1)c1ccccc1n2-c1cccc(-c2cccc([Si](c3ccccc3)(c3ccccc3)c3ccccc3)c2)c1. The summed E-state index contributed by atoms with van der Waals surface area (Å²) in [4.78, 5) is 0. The topological polar surface area (TPSA) is 28.7 Å². The van der Waals surface area contributed by atoms with Crippen molar-refractivity contribution in [2.75, 3.05) is 0 Å². The van der Waals surface area contributed by atoms with E-state index in [2.05, 4.69) is 180 Å². The molecule has 7 aromatic carbocycles. The molecule has 0 N–H and O–H groups in total. The first-order chi connectivity index (χ1) is 22.8. The van der Waals surface area contributed by atoms with E-state index in [4.69, 9.17) is 0 Å². The van der Waals surface area contributed by atoms with E-state index in [1.807, 2.05) is 12.1 Å². The lowest BCUT2D eigenvalue weighted by Crippen LogP contribution is -2.74. The van der Waals surface area contributed by atoms with Gasteiger partial charge in [-0.1, -0.05) is 146 Å². The lowest BCUT2D eigenvalue weighted by Gasteiger charge is -2.34. The van der Waals surface area contributed by atoms with Gasteiger partial charge in [-0.3, -0.25) is 0 Å². The molecule has 1 aromatic heterocycles. The molecule has 3 heteroatoms. The van der Waals surface area contributed by atoms with Crippen LogP contribution in [0.4, 0.5) is 0 Å². The third kappa shape index (κ3) is 4.47. The van der Waals surface area contributed by atoms with Crippen LogP contribution in [0.5, 0.6) is 0 Å². The van der Waals surface area contributed by atoms with Crippen molar-refractivity contribution in [2.24, 2.45) is 0 Å². The van der Waals surface area contributed by atoms with Crippen LogP contribution in [0.1, 0.15) is 5.56 Å². The number of hydrogen-bond acceptors (Lipinski definition) is 1. The zero-order chi connectivity index (χ0) is 30.9. The summed E-state index contributed by atoms with van der Waals surface area (Å²) in [6, 6.07) is 67.9. The highest BCUT2D eigenvalue weighted by molar-refractivity contribution is 7.19. The van der Waals surface area contributed by atoms with Crippen LogP contribution in [0.25, 0.3) is 38.6 Å². The van der Waals surface area contributed by atoms with Gasteiger partial charge in [0.25, 0.3) is 0 Å². The fourth-order valence-electron chi connectivity index (χ4n) is 7.14. The summed E-state index contributed by atoms with van der Waals surface area (Å²) >= 11 is 0. The van der Waals surface area contributed by atoms with Gasteiger partial charge in [-0.25, -0.2) is 0 Å². The molecule has 0 unspecified atom stereocenters. The minimum Gasteiger partial charge on any atom is -0.309 e. The number of fused-ring (bicyclic) bond motifs is 3. The number of hydrogen-bond donors (Lipinski definition) is 0. The van der Waals surface area contributed by atoms with Gasteiger partial charge in [0.15, 0.2) is 8.07 Å². The molecule has 46 heavy (non-hydrogen) atoms. The van der Waals surface area contributed by atoms with Crippen molar-refractivity contribution < 1.29 is 0 Å². The molecule has 0 aliphatic heterocycles. The van der Waals surface area contributed by atoms with Crippen LogP contribution in [0.3, 0.4) is 0 Å². The van der Waals surface area contributed by atoms with Crippen molar-refractivity contribution in [1.82, 2.24) is 4.57 Å². The Kier molecular flexibility index (Phi) is 6.91. The van der Waals surface area contributed by atoms with Crippen molar-refractivity contribution >= 4 is 50.6 Å². The van der Waals surface area contributed by atoms with Gasteiger partial charge in [-0.15, -0.1) is 0 Å². The smallest absolute Gasteiger partial charge is 0.179 e. The molecule has 0 saturated carbocycles. The number of benzene rings is 7. The van der Waals surface area contributed by atoms with Gasteiger partial charge < -0.3 is 4.57 Å². The average molecular weight is 603 g/mol. The summed E-state index contributed by atoms with van der Waals surface area (Å²) < 4.78 is 2.32. The largest absolute Gasteiger partial charge is 0.309 e. The van der Waals surface area contributed by atoms with Crippen LogP contribution in [0.15, 0.2) is 182 Å². The summed E-state index contributed by atoms with van der Waals surface area (Å²) in [5.41, 5.74) is 6.33. The molecule has 1 heterocycles. The lowest BCUT2D eigenvalue weighted by atomic mass is 10.1. The molecule has 0 bridgehead atoms. The lowest BCUT2D eigenvalue weighted by molar-refractivity contribution is 1.18. The van der Waals surface area contributed by atoms with Crippen molar-refractivity contribution in [3.8, 4) is 22.9 Å². The highest BCUT2D eigenvalue weighted by Crippen LogP contribution is 2.34. The molecule has 0 aliphatic carbocycles. The quantitative estimate of drug-likeness (QED) is 0.142. The van der Waals surface area contributed by atoms with E-state index in [9.17, 15) is 5.26 Å². The third-order valence-corrected chi connectivity index (χ3v) is 13.9. The normalized spacial score (nSPS) is 11.5. The summed E-state index contributed by atoms with van der Waals surface area (Å²) in [6.07, 6.45) is 0.